The molecule has 29 heavy (non-hydrogen) atoms. The fourth-order valence-corrected chi connectivity index (χ4v) is 2.99. The minimum absolute atomic E-state index is 0.325. The minimum Gasteiger partial charge on any atom is -0.324 e. The molecular formula is C20H15N7O2. The van der Waals surface area contributed by atoms with Gasteiger partial charge < -0.3 is 5.32 Å². The molecule has 0 fully saturated rings. The van der Waals surface area contributed by atoms with Crippen LogP contribution in [0.5, 0.6) is 0 Å². The zero-order valence-corrected chi connectivity index (χ0v) is 15.3. The first kappa shape index (κ1) is 18.1. The van der Waals surface area contributed by atoms with Crippen LogP contribution in [0.25, 0.3) is 17.0 Å². The molecule has 0 saturated heterocycles. The quantitative estimate of drug-likeness (QED) is 0.364. The van der Waals surface area contributed by atoms with Gasteiger partial charge in [0.2, 0.25) is 5.95 Å². The van der Waals surface area contributed by atoms with Gasteiger partial charge in [0.15, 0.2) is 0 Å². The van der Waals surface area contributed by atoms with Crippen molar-refractivity contribution in [1.82, 2.24) is 24.8 Å². The molecule has 0 unspecified atom stereocenters. The maximum atomic E-state index is 11.4. The summed E-state index contributed by atoms with van der Waals surface area (Å²) in [6.07, 6.45) is 3.43. The number of hydrogen-bond acceptors (Lipinski definition) is 7. The fraction of sp³-hybridized carbons (Fsp3) is 0.0500. The highest BCUT2D eigenvalue weighted by Gasteiger charge is 2.14. The number of rotatable bonds is 4. The van der Waals surface area contributed by atoms with E-state index in [1.165, 1.54) is 0 Å². The number of carbonyl (C=O) groups excluding carboxylic acids is 1. The Bertz CT molecular complexity index is 1260. The third kappa shape index (κ3) is 3.47. The lowest BCUT2D eigenvalue weighted by Gasteiger charge is -2.08. The summed E-state index contributed by atoms with van der Waals surface area (Å²) in [6.45, 7) is 1.88. The van der Waals surface area contributed by atoms with Gasteiger partial charge in [-0.1, -0.05) is 0 Å². The molecular weight excluding hydrogens is 370 g/mol. The molecule has 3 heterocycles. The molecule has 0 spiro atoms. The maximum Gasteiger partial charge on any atom is 0.274 e. The van der Waals surface area contributed by atoms with Crippen molar-refractivity contribution in [2.24, 2.45) is 0 Å². The number of carbonyl (C=O) groups is 1. The topological polar surface area (TPSA) is 128 Å². The van der Waals surface area contributed by atoms with Crippen molar-refractivity contribution in [2.45, 2.75) is 6.92 Å². The van der Waals surface area contributed by atoms with Gasteiger partial charge in [0.05, 0.1) is 28.7 Å². The van der Waals surface area contributed by atoms with E-state index in [9.17, 15) is 4.79 Å². The molecule has 0 radical (unpaired) electrons. The van der Waals surface area contributed by atoms with Crippen LogP contribution in [0.1, 0.15) is 21.6 Å². The maximum absolute atomic E-state index is 11.4. The Morgan fingerprint density at radius 2 is 1.97 bits per heavy atom. The van der Waals surface area contributed by atoms with E-state index in [1.807, 2.05) is 11.3 Å². The van der Waals surface area contributed by atoms with Crippen LogP contribution in [-0.2, 0) is 0 Å². The number of nitrogens with zero attached hydrogens (tertiary/aromatic N) is 5. The number of benzene rings is 1. The van der Waals surface area contributed by atoms with E-state index in [4.69, 9.17) is 10.5 Å². The fourth-order valence-electron chi connectivity index (χ4n) is 2.99. The number of nitrogens with one attached hydrogen (secondary N) is 2. The number of hydroxylamine groups is 1. The average Bonchev–Trinajstić information content (AvgIpc) is 3.08. The summed E-state index contributed by atoms with van der Waals surface area (Å²) in [5.74, 6) is -0.206. The Labute approximate surface area is 165 Å². The van der Waals surface area contributed by atoms with Crippen molar-refractivity contribution in [3.8, 4) is 17.5 Å². The van der Waals surface area contributed by atoms with Gasteiger partial charge >= 0.3 is 0 Å². The summed E-state index contributed by atoms with van der Waals surface area (Å²) in [6, 6.07) is 13.8. The Balaban J connectivity index is 1.66. The summed E-state index contributed by atoms with van der Waals surface area (Å²) in [5, 5.41) is 20.8. The van der Waals surface area contributed by atoms with Gasteiger partial charge in [-0.05, 0) is 49.4 Å². The van der Waals surface area contributed by atoms with E-state index >= 15 is 0 Å². The van der Waals surface area contributed by atoms with E-state index in [-0.39, 0.29) is 0 Å². The number of amides is 1. The van der Waals surface area contributed by atoms with Crippen LogP contribution in [-0.4, -0.2) is 30.5 Å². The standard InChI is InChI=1S/C20H15N7O2/c1-12-18(27-9-7-13(11-21)10-17(27)23-12)16-6-8-22-20(25-16)24-15-4-2-14(3-5-15)19(28)26-29/h2-10,29H,1H3,(H,26,28)(H,22,24,25). The molecule has 0 bridgehead atoms. The molecule has 0 aliphatic rings. The molecule has 1 amide bonds. The number of hydrogen-bond donors (Lipinski definition) is 3. The van der Waals surface area contributed by atoms with Gasteiger partial charge in [-0.3, -0.25) is 14.4 Å². The third-order valence-electron chi connectivity index (χ3n) is 4.33. The zero-order chi connectivity index (χ0) is 20.4. The summed E-state index contributed by atoms with van der Waals surface area (Å²) < 4.78 is 1.88. The summed E-state index contributed by atoms with van der Waals surface area (Å²) in [7, 11) is 0. The molecule has 3 aromatic heterocycles. The minimum atomic E-state index is -0.586. The first-order valence-electron chi connectivity index (χ1n) is 8.63. The second-order valence-corrected chi connectivity index (χ2v) is 6.21. The number of nitriles is 1. The van der Waals surface area contributed by atoms with E-state index in [0.29, 0.717) is 34.1 Å². The van der Waals surface area contributed by atoms with Crippen molar-refractivity contribution >= 4 is 23.2 Å². The highest BCUT2D eigenvalue weighted by molar-refractivity contribution is 5.93. The zero-order valence-electron chi connectivity index (χ0n) is 15.3. The molecule has 0 saturated carbocycles. The van der Waals surface area contributed by atoms with E-state index in [1.54, 1.807) is 60.3 Å². The molecule has 0 aliphatic heterocycles. The summed E-state index contributed by atoms with van der Waals surface area (Å²) in [5.41, 5.74) is 6.07. The van der Waals surface area contributed by atoms with Crippen molar-refractivity contribution in [3.05, 3.63) is 71.7 Å². The molecule has 3 N–H and O–H groups in total. The van der Waals surface area contributed by atoms with Crippen LogP contribution >= 0.6 is 0 Å². The molecule has 142 valence electrons. The van der Waals surface area contributed by atoms with Crippen LogP contribution in [0.15, 0.2) is 54.9 Å². The van der Waals surface area contributed by atoms with Gasteiger partial charge in [0.25, 0.3) is 5.91 Å². The number of aromatic nitrogens is 4. The van der Waals surface area contributed by atoms with Crippen LogP contribution in [0, 0.1) is 18.3 Å². The SMILES string of the molecule is Cc1nc2cc(C#N)ccn2c1-c1ccnc(Nc2ccc(C(=O)NO)cc2)n1. The number of aryl methyl sites for hydroxylation is 1. The summed E-state index contributed by atoms with van der Waals surface area (Å²) >= 11 is 0. The first-order chi connectivity index (χ1) is 14.1. The number of pyridine rings is 1. The van der Waals surface area contributed by atoms with Crippen LogP contribution in [0.3, 0.4) is 0 Å². The lowest BCUT2D eigenvalue weighted by Crippen LogP contribution is -2.18. The first-order valence-corrected chi connectivity index (χ1v) is 8.63. The normalized spacial score (nSPS) is 10.5. The van der Waals surface area contributed by atoms with E-state index in [0.717, 1.165) is 11.4 Å². The van der Waals surface area contributed by atoms with Crippen molar-refractivity contribution in [3.63, 3.8) is 0 Å². The lowest BCUT2D eigenvalue weighted by molar-refractivity contribution is 0.0706. The van der Waals surface area contributed by atoms with Crippen molar-refractivity contribution < 1.29 is 10.0 Å². The van der Waals surface area contributed by atoms with E-state index < -0.39 is 5.91 Å². The smallest absolute Gasteiger partial charge is 0.274 e. The predicted octanol–water partition coefficient (Wildman–Crippen LogP) is 2.83. The third-order valence-corrected chi connectivity index (χ3v) is 4.33. The Morgan fingerprint density at radius 3 is 2.69 bits per heavy atom. The molecule has 9 heteroatoms. The molecule has 1 aromatic carbocycles. The van der Waals surface area contributed by atoms with Crippen molar-refractivity contribution in [1.29, 1.82) is 5.26 Å². The van der Waals surface area contributed by atoms with Gasteiger partial charge in [0, 0.05) is 23.6 Å². The molecule has 4 aromatic rings. The second kappa shape index (κ2) is 7.38. The number of anilines is 2. The lowest BCUT2D eigenvalue weighted by atomic mass is 10.2. The van der Waals surface area contributed by atoms with Crippen LogP contribution in [0.4, 0.5) is 11.6 Å². The summed E-state index contributed by atoms with van der Waals surface area (Å²) in [4.78, 5) is 24.7. The second-order valence-electron chi connectivity index (χ2n) is 6.21. The van der Waals surface area contributed by atoms with Gasteiger partial charge in [-0.15, -0.1) is 0 Å². The van der Waals surface area contributed by atoms with Crippen LogP contribution in [0.2, 0.25) is 0 Å². The predicted molar refractivity (Wildman–Crippen MR) is 105 cm³/mol. The number of fused-ring (bicyclic) bond motifs is 1. The van der Waals surface area contributed by atoms with Gasteiger partial charge in [-0.2, -0.15) is 5.26 Å². The molecule has 9 nitrogen and oxygen atoms in total. The number of imidazole rings is 1. The molecule has 4 rings (SSSR count). The van der Waals surface area contributed by atoms with Crippen LogP contribution < -0.4 is 10.8 Å². The molecule has 0 aliphatic carbocycles. The monoisotopic (exact) mass is 385 g/mol. The Hall–Kier alpha value is -4.29. The largest absolute Gasteiger partial charge is 0.324 e. The highest BCUT2D eigenvalue weighted by atomic mass is 16.5. The van der Waals surface area contributed by atoms with Crippen molar-refractivity contribution in [2.75, 3.05) is 5.32 Å². The molecule has 0 atom stereocenters. The van der Waals surface area contributed by atoms with E-state index in [2.05, 4.69) is 26.3 Å². The Kier molecular flexibility index (Phi) is 4.60. The highest BCUT2D eigenvalue weighted by Crippen LogP contribution is 2.25. The van der Waals surface area contributed by atoms with Gasteiger partial charge in [-0.25, -0.2) is 20.4 Å². The van der Waals surface area contributed by atoms with Gasteiger partial charge in [0.1, 0.15) is 5.65 Å². The average molecular weight is 385 g/mol. The Morgan fingerprint density at radius 1 is 1.17 bits per heavy atom.